The zero-order chi connectivity index (χ0) is 20.1. The van der Waals surface area contributed by atoms with Crippen LogP contribution in [0.3, 0.4) is 0 Å². The van der Waals surface area contributed by atoms with Gasteiger partial charge in [0.25, 0.3) is 0 Å². The summed E-state index contributed by atoms with van der Waals surface area (Å²) < 4.78 is 0. The topological polar surface area (TPSA) is 55.8 Å². The average molecular weight is 400 g/mol. The van der Waals surface area contributed by atoms with Crippen LogP contribution in [0.25, 0.3) is 0 Å². The van der Waals surface area contributed by atoms with E-state index >= 15 is 0 Å². The van der Waals surface area contributed by atoms with E-state index in [0.29, 0.717) is 24.9 Å². The van der Waals surface area contributed by atoms with Crippen LogP contribution in [0.5, 0.6) is 0 Å². The highest BCUT2D eigenvalue weighted by Crippen LogP contribution is 2.28. The van der Waals surface area contributed by atoms with Crippen molar-refractivity contribution in [3.63, 3.8) is 0 Å². The monoisotopic (exact) mass is 399 g/mol. The molecule has 1 aromatic carbocycles. The lowest BCUT2D eigenvalue weighted by atomic mass is 9.89. The molecule has 0 unspecified atom stereocenters. The van der Waals surface area contributed by atoms with E-state index < -0.39 is 0 Å². The number of aliphatic hydroxyl groups is 1. The van der Waals surface area contributed by atoms with Crippen LogP contribution in [0.1, 0.15) is 56.9 Å². The Morgan fingerprint density at radius 3 is 2.48 bits per heavy atom. The lowest BCUT2D eigenvalue weighted by molar-refractivity contribution is -0.126. The highest BCUT2D eigenvalue weighted by atomic mass is 16.3. The molecule has 2 N–H and O–H groups in total. The number of nitrogens with one attached hydrogen (secondary N) is 1. The molecule has 160 valence electrons. The Hall–Kier alpha value is -1.43. The van der Waals surface area contributed by atoms with Gasteiger partial charge >= 0.3 is 0 Å². The summed E-state index contributed by atoms with van der Waals surface area (Å²) in [7, 11) is 0. The van der Waals surface area contributed by atoms with E-state index in [-0.39, 0.29) is 18.1 Å². The standard InChI is InChI=1S/C24H37N3O2/c28-22-15-23(24(29)25-16-19-7-3-1-4-8-19)27(18-22)21-11-13-26(14-12-21)17-20-9-5-2-6-10-20/h2,5-6,9-10,19,21-23,28H,1,3-4,7-8,11-18H2,(H,25,29)/t22-,23+/m1/s1. The average Bonchev–Trinajstić information content (AvgIpc) is 3.16. The first-order valence-electron chi connectivity index (χ1n) is 11.7. The second kappa shape index (κ2) is 10.1. The lowest BCUT2D eigenvalue weighted by Crippen LogP contribution is -2.51. The molecule has 2 atom stereocenters. The third-order valence-electron chi connectivity index (χ3n) is 7.18. The molecule has 1 amide bonds. The number of aliphatic hydroxyl groups excluding tert-OH is 1. The SMILES string of the molecule is O=C(NCC1CCCCC1)[C@@H]1C[C@@H](O)CN1C1CCN(Cc2ccccc2)CC1. The van der Waals surface area contributed by atoms with Gasteiger partial charge in [0.2, 0.25) is 5.91 Å². The smallest absolute Gasteiger partial charge is 0.237 e. The molecule has 4 rings (SSSR count). The number of carbonyl (C=O) groups excluding carboxylic acids is 1. The summed E-state index contributed by atoms with van der Waals surface area (Å²) >= 11 is 0. The van der Waals surface area contributed by atoms with Crippen molar-refractivity contribution in [2.24, 2.45) is 5.92 Å². The minimum Gasteiger partial charge on any atom is -0.392 e. The Labute approximate surface area is 175 Å². The van der Waals surface area contributed by atoms with E-state index in [1.165, 1.54) is 37.7 Å². The van der Waals surface area contributed by atoms with Gasteiger partial charge in [-0.25, -0.2) is 0 Å². The van der Waals surface area contributed by atoms with Crippen molar-refractivity contribution in [3.05, 3.63) is 35.9 Å². The van der Waals surface area contributed by atoms with Crippen LogP contribution in [-0.2, 0) is 11.3 Å². The van der Waals surface area contributed by atoms with Crippen LogP contribution in [0.4, 0.5) is 0 Å². The van der Waals surface area contributed by atoms with E-state index in [4.69, 9.17) is 0 Å². The van der Waals surface area contributed by atoms with Crippen molar-refractivity contribution in [1.82, 2.24) is 15.1 Å². The van der Waals surface area contributed by atoms with E-state index in [0.717, 1.165) is 39.0 Å². The van der Waals surface area contributed by atoms with Gasteiger partial charge < -0.3 is 10.4 Å². The molecule has 0 aromatic heterocycles. The molecule has 0 radical (unpaired) electrons. The summed E-state index contributed by atoms with van der Waals surface area (Å²) in [4.78, 5) is 17.7. The second-order valence-corrected chi connectivity index (χ2v) is 9.34. The molecule has 29 heavy (non-hydrogen) atoms. The first-order valence-corrected chi connectivity index (χ1v) is 11.7. The number of hydrogen-bond acceptors (Lipinski definition) is 4. The Kier molecular flexibility index (Phi) is 7.22. The number of likely N-dealkylation sites (tertiary alicyclic amines) is 2. The number of nitrogens with zero attached hydrogens (tertiary/aromatic N) is 2. The van der Waals surface area contributed by atoms with Crippen LogP contribution in [-0.4, -0.2) is 65.2 Å². The molecule has 5 nitrogen and oxygen atoms in total. The number of amides is 1. The van der Waals surface area contributed by atoms with Crippen LogP contribution in [0.2, 0.25) is 0 Å². The minimum atomic E-state index is -0.372. The lowest BCUT2D eigenvalue weighted by Gasteiger charge is -2.39. The van der Waals surface area contributed by atoms with Crippen molar-refractivity contribution in [3.8, 4) is 0 Å². The van der Waals surface area contributed by atoms with E-state index in [1.54, 1.807) is 0 Å². The third kappa shape index (κ3) is 5.59. The normalized spacial score (nSPS) is 27.9. The fourth-order valence-corrected chi connectivity index (χ4v) is 5.50. The summed E-state index contributed by atoms with van der Waals surface area (Å²) in [6.45, 7) is 4.58. The number of rotatable bonds is 6. The third-order valence-corrected chi connectivity index (χ3v) is 7.18. The Bertz CT molecular complexity index is 639. The largest absolute Gasteiger partial charge is 0.392 e. The van der Waals surface area contributed by atoms with Crippen molar-refractivity contribution in [2.75, 3.05) is 26.2 Å². The van der Waals surface area contributed by atoms with E-state index in [2.05, 4.69) is 45.4 Å². The molecule has 0 bridgehead atoms. The van der Waals surface area contributed by atoms with Gasteiger partial charge in [0.05, 0.1) is 12.1 Å². The zero-order valence-electron chi connectivity index (χ0n) is 17.6. The molecular formula is C24H37N3O2. The first-order chi connectivity index (χ1) is 14.2. The first kappa shape index (κ1) is 20.8. The summed E-state index contributed by atoms with van der Waals surface area (Å²) in [5.74, 6) is 0.785. The van der Waals surface area contributed by atoms with Gasteiger partial charge in [-0.1, -0.05) is 49.6 Å². The van der Waals surface area contributed by atoms with Crippen LogP contribution >= 0.6 is 0 Å². The summed E-state index contributed by atoms with van der Waals surface area (Å²) in [6, 6.07) is 10.9. The number of β-amino-alcohol motifs (C(OH)–C–C–N with tert-alkyl or cyclic N) is 1. The molecular weight excluding hydrogens is 362 g/mol. The van der Waals surface area contributed by atoms with Crippen molar-refractivity contribution in [2.45, 2.75) is 76.1 Å². The van der Waals surface area contributed by atoms with Gasteiger partial charge in [-0.05, 0) is 56.7 Å². The predicted molar refractivity (Wildman–Crippen MR) is 115 cm³/mol. The summed E-state index contributed by atoms with van der Waals surface area (Å²) in [5, 5.41) is 13.5. The van der Waals surface area contributed by atoms with Crippen LogP contribution < -0.4 is 5.32 Å². The molecule has 2 heterocycles. The fourth-order valence-electron chi connectivity index (χ4n) is 5.50. The zero-order valence-corrected chi connectivity index (χ0v) is 17.6. The van der Waals surface area contributed by atoms with Gasteiger partial charge in [-0.3, -0.25) is 14.6 Å². The maximum Gasteiger partial charge on any atom is 0.237 e. The molecule has 2 aliphatic heterocycles. The van der Waals surface area contributed by atoms with Crippen molar-refractivity contribution >= 4 is 5.91 Å². The predicted octanol–water partition coefficient (Wildman–Crippen LogP) is 2.78. The molecule has 5 heteroatoms. The molecule has 2 saturated heterocycles. The van der Waals surface area contributed by atoms with Gasteiger partial charge in [0.15, 0.2) is 0 Å². The van der Waals surface area contributed by atoms with Gasteiger partial charge in [0, 0.05) is 25.7 Å². The molecule has 3 fully saturated rings. The fraction of sp³-hybridized carbons (Fsp3) is 0.708. The second-order valence-electron chi connectivity index (χ2n) is 9.34. The Balaban J connectivity index is 1.27. The summed E-state index contributed by atoms with van der Waals surface area (Å²) in [5.41, 5.74) is 1.36. The summed E-state index contributed by atoms with van der Waals surface area (Å²) in [6.07, 6.45) is 8.80. The maximum absolute atomic E-state index is 12.9. The van der Waals surface area contributed by atoms with Gasteiger partial charge in [-0.15, -0.1) is 0 Å². The van der Waals surface area contributed by atoms with Crippen LogP contribution in [0, 0.1) is 5.92 Å². The van der Waals surface area contributed by atoms with E-state index in [1.807, 2.05) is 0 Å². The molecule has 3 aliphatic rings. The highest BCUT2D eigenvalue weighted by Gasteiger charge is 2.40. The number of benzene rings is 1. The van der Waals surface area contributed by atoms with Crippen molar-refractivity contribution < 1.29 is 9.90 Å². The number of carbonyl (C=O) groups is 1. The maximum atomic E-state index is 12.9. The number of hydrogen-bond donors (Lipinski definition) is 2. The van der Waals surface area contributed by atoms with Gasteiger partial charge in [-0.2, -0.15) is 0 Å². The van der Waals surface area contributed by atoms with E-state index in [9.17, 15) is 9.90 Å². The molecule has 1 saturated carbocycles. The van der Waals surface area contributed by atoms with Crippen molar-refractivity contribution in [1.29, 1.82) is 0 Å². The number of piperidine rings is 1. The Morgan fingerprint density at radius 1 is 1.03 bits per heavy atom. The van der Waals surface area contributed by atoms with Gasteiger partial charge in [0.1, 0.15) is 0 Å². The molecule has 1 aromatic rings. The Morgan fingerprint density at radius 2 is 1.76 bits per heavy atom. The molecule has 0 spiro atoms. The highest BCUT2D eigenvalue weighted by molar-refractivity contribution is 5.82. The van der Waals surface area contributed by atoms with Crippen LogP contribution in [0.15, 0.2) is 30.3 Å². The minimum absolute atomic E-state index is 0.138. The molecule has 1 aliphatic carbocycles. The quantitative estimate of drug-likeness (QED) is 0.772.